The Bertz CT molecular complexity index is 695. The van der Waals surface area contributed by atoms with Gasteiger partial charge in [0.1, 0.15) is 0 Å². The molecule has 1 amide bonds. The maximum absolute atomic E-state index is 12.1. The Kier molecular flexibility index (Phi) is 5.03. The molecule has 0 aromatic heterocycles. The minimum atomic E-state index is -0.659. The summed E-state index contributed by atoms with van der Waals surface area (Å²) in [6.07, 6.45) is 0. The molecule has 1 N–H and O–H groups in total. The van der Waals surface area contributed by atoms with Crippen LogP contribution in [0.1, 0.15) is 27.6 Å². The molecule has 0 aliphatic heterocycles. The van der Waals surface area contributed by atoms with Crippen LogP contribution in [0, 0.1) is 0 Å². The maximum Gasteiger partial charge on any atom is 0.340 e. The molecular weight excluding hydrogens is 282 g/mol. The Labute approximate surface area is 127 Å². The minimum Gasteiger partial charge on any atom is -0.454 e. The van der Waals surface area contributed by atoms with Gasteiger partial charge < -0.3 is 10.1 Å². The van der Waals surface area contributed by atoms with E-state index >= 15 is 0 Å². The van der Waals surface area contributed by atoms with Gasteiger partial charge >= 0.3 is 5.97 Å². The second-order valence-electron chi connectivity index (χ2n) is 4.59. The van der Waals surface area contributed by atoms with Crippen LogP contribution in [0.4, 0.5) is 5.69 Å². The first kappa shape index (κ1) is 15.4. The molecule has 0 radical (unpaired) electrons. The first-order valence-corrected chi connectivity index (χ1v) is 6.70. The highest BCUT2D eigenvalue weighted by Crippen LogP contribution is 2.16. The van der Waals surface area contributed by atoms with Crippen molar-refractivity contribution in [2.24, 2.45) is 0 Å². The topological polar surface area (TPSA) is 72.5 Å². The van der Waals surface area contributed by atoms with Gasteiger partial charge in [0, 0.05) is 12.5 Å². The van der Waals surface area contributed by atoms with Gasteiger partial charge in [-0.2, -0.15) is 0 Å². The molecule has 2 rings (SSSR count). The molecule has 2 aromatic rings. The van der Waals surface area contributed by atoms with Crippen LogP contribution in [0.2, 0.25) is 0 Å². The Balaban J connectivity index is 2.04. The minimum absolute atomic E-state index is 0.207. The van der Waals surface area contributed by atoms with Crippen molar-refractivity contribution in [2.45, 2.75) is 6.92 Å². The molecule has 0 bridgehead atoms. The van der Waals surface area contributed by atoms with Crippen LogP contribution in [0.5, 0.6) is 0 Å². The normalized spacial score (nSPS) is 9.86. The fraction of sp³-hybridized carbons (Fsp3) is 0.118. The smallest absolute Gasteiger partial charge is 0.340 e. The number of nitrogens with one attached hydrogen (secondary N) is 1. The van der Waals surface area contributed by atoms with Gasteiger partial charge in [0.25, 0.3) is 0 Å². The number of ketones is 1. The van der Waals surface area contributed by atoms with Crippen LogP contribution in [0.25, 0.3) is 0 Å². The number of Topliss-reactive ketones (excluding diaryl/α,β-unsaturated/α-hetero) is 1. The Morgan fingerprint density at radius 2 is 1.59 bits per heavy atom. The van der Waals surface area contributed by atoms with Crippen LogP contribution in [0.3, 0.4) is 0 Å². The summed E-state index contributed by atoms with van der Waals surface area (Å²) in [5.74, 6) is -1.24. The number of anilines is 1. The lowest BCUT2D eigenvalue weighted by Crippen LogP contribution is -2.16. The lowest BCUT2D eigenvalue weighted by atomic mass is 10.1. The molecule has 0 unspecified atom stereocenters. The first-order valence-electron chi connectivity index (χ1n) is 6.70. The fourth-order valence-electron chi connectivity index (χ4n) is 1.88. The first-order chi connectivity index (χ1) is 10.6. The quantitative estimate of drug-likeness (QED) is 0.680. The third-order valence-corrected chi connectivity index (χ3v) is 2.89. The van der Waals surface area contributed by atoms with Crippen molar-refractivity contribution in [3.63, 3.8) is 0 Å². The Morgan fingerprint density at radius 1 is 0.955 bits per heavy atom. The molecule has 0 aliphatic carbocycles. The van der Waals surface area contributed by atoms with E-state index in [-0.39, 0.29) is 23.9 Å². The molecule has 0 saturated heterocycles. The van der Waals surface area contributed by atoms with Crippen molar-refractivity contribution in [1.82, 2.24) is 0 Å². The summed E-state index contributed by atoms with van der Waals surface area (Å²) in [5, 5.41) is 2.55. The molecular formula is C17H15NO4. The number of ether oxygens (including phenoxy) is 1. The van der Waals surface area contributed by atoms with Crippen molar-refractivity contribution in [1.29, 1.82) is 0 Å². The highest BCUT2D eigenvalue weighted by Gasteiger charge is 2.15. The number of amides is 1. The standard InChI is InChI=1S/C17H15NO4/c1-12(19)18-15-10-6-5-9-14(15)17(21)22-11-16(20)13-7-3-2-4-8-13/h2-10H,11H2,1H3,(H,18,19). The van der Waals surface area contributed by atoms with Crippen molar-refractivity contribution in [3.05, 3.63) is 65.7 Å². The lowest BCUT2D eigenvalue weighted by Gasteiger charge is -2.09. The van der Waals surface area contributed by atoms with Gasteiger partial charge in [-0.15, -0.1) is 0 Å². The average molecular weight is 297 g/mol. The van der Waals surface area contributed by atoms with E-state index in [1.807, 2.05) is 0 Å². The summed E-state index contributed by atoms with van der Waals surface area (Å²) >= 11 is 0. The van der Waals surface area contributed by atoms with Crippen molar-refractivity contribution < 1.29 is 19.1 Å². The Hall–Kier alpha value is -2.95. The van der Waals surface area contributed by atoms with Crippen LogP contribution < -0.4 is 5.32 Å². The van der Waals surface area contributed by atoms with Crippen LogP contribution in [0.15, 0.2) is 54.6 Å². The molecule has 0 spiro atoms. The van der Waals surface area contributed by atoms with Crippen LogP contribution in [-0.4, -0.2) is 24.3 Å². The van der Waals surface area contributed by atoms with E-state index < -0.39 is 5.97 Å². The van der Waals surface area contributed by atoms with E-state index in [1.165, 1.54) is 13.0 Å². The zero-order chi connectivity index (χ0) is 15.9. The van der Waals surface area contributed by atoms with Crippen molar-refractivity contribution >= 4 is 23.3 Å². The number of rotatable bonds is 5. The van der Waals surface area contributed by atoms with E-state index in [9.17, 15) is 14.4 Å². The van der Waals surface area contributed by atoms with Gasteiger partial charge in [-0.05, 0) is 12.1 Å². The predicted molar refractivity (Wildman–Crippen MR) is 81.8 cm³/mol. The van der Waals surface area contributed by atoms with E-state index in [1.54, 1.807) is 48.5 Å². The number of hydrogen-bond acceptors (Lipinski definition) is 4. The summed E-state index contributed by atoms with van der Waals surface area (Å²) in [5.41, 5.74) is 1.04. The van der Waals surface area contributed by atoms with E-state index in [0.717, 1.165) is 0 Å². The largest absolute Gasteiger partial charge is 0.454 e. The van der Waals surface area contributed by atoms with Gasteiger partial charge in [0.2, 0.25) is 5.91 Å². The molecule has 5 nitrogen and oxygen atoms in total. The number of carbonyl (C=O) groups is 3. The van der Waals surface area contributed by atoms with E-state index in [0.29, 0.717) is 11.3 Å². The van der Waals surface area contributed by atoms with Gasteiger partial charge in [0.05, 0.1) is 11.3 Å². The molecule has 5 heteroatoms. The fourth-order valence-corrected chi connectivity index (χ4v) is 1.88. The van der Waals surface area contributed by atoms with Crippen molar-refractivity contribution in [3.8, 4) is 0 Å². The van der Waals surface area contributed by atoms with Gasteiger partial charge in [0.15, 0.2) is 12.4 Å². The summed E-state index contributed by atoms with van der Waals surface area (Å²) in [7, 11) is 0. The van der Waals surface area contributed by atoms with Gasteiger partial charge in [-0.1, -0.05) is 42.5 Å². The van der Waals surface area contributed by atoms with Crippen molar-refractivity contribution in [2.75, 3.05) is 11.9 Å². The molecule has 0 fully saturated rings. The maximum atomic E-state index is 12.1. The average Bonchev–Trinajstić information content (AvgIpc) is 2.53. The zero-order valence-electron chi connectivity index (χ0n) is 12.0. The molecule has 112 valence electrons. The third kappa shape index (κ3) is 4.02. The highest BCUT2D eigenvalue weighted by molar-refractivity contribution is 6.03. The molecule has 0 heterocycles. The molecule has 0 saturated carbocycles. The van der Waals surface area contributed by atoms with Crippen LogP contribution in [-0.2, 0) is 9.53 Å². The third-order valence-electron chi connectivity index (χ3n) is 2.89. The second kappa shape index (κ2) is 7.17. The summed E-state index contributed by atoms with van der Waals surface area (Å²) < 4.78 is 5.03. The number of esters is 1. The summed E-state index contributed by atoms with van der Waals surface area (Å²) in [6.45, 7) is 0.998. The van der Waals surface area contributed by atoms with Gasteiger partial charge in [-0.25, -0.2) is 4.79 Å². The molecule has 22 heavy (non-hydrogen) atoms. The monoisotopic (exact) mass is 297 g/mol. The summed E-state index contributed by atoms with van der Waals surface area (Å²) in [4.78, 5) is 35.1. The molecule has 0 aliphatic rings. The number of para-hydroxylation sites is 1. The van der Waals surface area contributed by atoms with E-state index in [4.69, 9.17) is 4.74 Å². The lowest BCUT2D eigenvalue weighted by molar-refractivity contribution is -0.114. The van der Waals surface area contributed by atoms with Gasteiger partial charge in [-0.3, -0.25) is 9.59 Å². The number of benzene rings is 2. The molecule has 0 atom stereocenters. The number of hydrogen-bond donors (Lipinski definition) is 1. The highest BCUT2D eigenvalue weighted by atomic mass is 16.5. The number of carbonyl (C=O) groups excluding carboxylic acids is 3. The van der Waals surface area contributed by atoms with Crippen LogP contribution >= 0.6 is 0 Å². The SMILES string of the molecule is CC(=O)Nc1ccccc1C(=O)OCC(=O)c1ccccc1. The Morgan fingerprint density at radius 3 is 2.27 bits per heavy atom. The van der Waals surface area contributed by atoms with E-state index in [2.05, 4.69) is 5.32 Å². The second-order valence-corrected chi connectivity index (χ2v) is 4.59. The molecule has 2 aromatic carbocycles. The zero-order valence-corrected chi connectivity index (χ0v) is 12.0. The summed E-state index contributed by atoms with van der Waals surface area (Å²) in [6, 6.07) is 15.0. The predicted octanol–water partition coefficient (Wildman–Crippen LogP) is 2.68.